The molecule has 0 bridgehead atoms. The average molecular weight is 224 g/mol. The SMILES string of the molecule is CN1CCN(CCc2nc(CN)co2)CC1. The zero-order valence-corrected chi connectivity index (χ0v) is 9.85. The maximum atomic E-state index is 5.48. The molecular weight excluding hydrogens is 204 g/mol. The van der Waals surface area contributed by atoms with Gasteiger partial charge in [0.05, 0.1) is 5.69 Å². The molecule has 16 heavy (non-hydrogen) atoms. The maximum absolute atomic E-state index is 5.48. The van der Waals surface area contributed by atoms with Crippen LogP contribution in [0.25, 0.3) is 0 Å². The van der Waals surface area contributed by atoms with Crippen LogP contribution in [0.1, 0.15) is 11.6 Å². The molecule has 1 saturated heterocycles. The molecule has 0 amide bonds. The largest absolute Gasteiger partial charge is 0.449 e. The van der Waals surface area contributed by atoms with Crippen molar-refractivity contribution >= 4 is 0 Å². The molecule has 1 aliphatic heterocycles. The maximum Gasteiger partial charge on any atom is 0.195 e. The topological polar surface area (TPSA) is 58.5 Å². The van der Waals surface area contributed by atoms with E-state index in [0.717, 1.165) is 50.7 Å². The summed E-state index contributed by atoms with van der Waals surface area (Å²) in [6, 6.07) is 0. The van der Waals surface area contributed by atoms with Crippen molar-refractivity contribution in [3.8, 4) is 0 Å². The molecular formula is C11H20N4O. The van der Waals surface area contributed by atoms with E-state index in [2.05, 4.69) is 21.8 Å². The van der Waals surface area contributed by atoms with Crippen molar-refractivity contribution in [2.45, 2.75) is 13.0 Å². The lowest BCUT2D eigenvalue weighted by Crippen LogP contribution is -2.45. The second kappa shape index (κ2) is 5.43. The van der Waals surface area contributed by atoms with Gasteiger partial charge in [-0.3, -0.25) is 0 Å². The first-order valence-electron chi connectivity index (χ1n) is 5.82. The van der Waals surface area contributed by atoms with Crippen LogP contribution in [-0.2, 0) is 13.0 Å². The minimum absolute atomic E-state index is 0.456. The Bertz CT molecular complexity index is 318. The van der Waals surface area contributed by atoms with E-state index >= 15 is 0 Å². The highest BCUT2D eigenvalue weighted by Crippen LogP contribution is 2.05. The zero-order chi connectivity index (χ0) is 11.4. The van der Waals surface area contributed by atoms with Crippen LogP contribution in [0.4, 0.5) is 0 Å². The second-order valence-electron chi connectivity index (χ2n) is 4.33. The first kappa shape index (κ1) is 11.6. The fourth-order valence-corrected chi connectivity index (χ4v) is 1.88. The van der Waals surface area contributed by atoms with Crippen LogP contribution in [-0.4, -0.2) is 54.6 Å². The van der Waals surface area contributed by atoms with E-state index in [9.17, 15) is 0 Å². The van der Waals surface area contributed by atoms with E-state index in [-0.39, 0.29) is 0 Å². The first-order chi connectivity index (χ1) is 7.78. The van der Waals surface area contributed by atoms with E-state index in [4.69, 9.17) is 10.2 Å². The van der Waals surface area contributed by atoms with Crippen molar-refractivity contribution < 1.29 is 4.42 Å². The molecule has 1 fully saturated rings. The number of hydrogen-bond acceptors (Lipinski definition) is 5. The average Bonchev–Trinajstić information content (AvgIpc) is 2.76. The highest BCUT2D eigenvalue weighted by molar-refractivity contribution is 4.95. The predicted molar refractivity (Wildman–Crippen MR) is 62.0 cm³/mol. The number of piperazine rings is 1. The zero-order valence-electron chi connectivity index (χ0n) is 9.85. The standard InChI is InChI=1S/C11H20N4O/c1-14-4-6-15(7-5-14)3-2-11-13-10(8-12)9-16-11/h9H,2-8,12H2,1H3. The summed E-state index contributed by atoms with van der Waals surface area (Å²) in [5.74, 6) is 0.805. The Balaban J connectivity index is 1.74. The fourth-order valence-electron chi connectivity index (χ4n) is 1.88. The van der Waals surface area contributed by atoms with Crippen molar-refractivity contribution in [1.82, 2.24) is 14.8 Å². The van der Waals surface area contributed by atoms with E-state index in [1.165, 1.54) is 0 Å². The van der Waals surface area contributed by atoms with Crippen LogP contribution in [0.2, 0.25) is 0 Å². The van der Waals surface area contributed by atoms with Gasteiger partial charge in [0.25, 0.3) is 0 Å². The molecule has 90 valence electrons. The van der Waals surface area contributed by atoms with Gasteiger partial charge in [0.1, 0.15) is 6.26 Å². The van der Waals surface area contributed by atoms with E-state index in [1.54, 1.807) is 6.26 Å². The van der Waals surface area contributed by atoms with Crippen molar-refractivity contribution in [3.05, 3.63) is 17.8 Å². The highest BCUT2D eigenvalue weighted by atomic mass is 16.3. The molecule has 0 aromatic carbocycles. The Labute approximate surface area is 96.2 Å². The third-order valence-electron chi connectivity index (χ3n) is 3.05. The summed E-state index contributed by atoms with van der Waals surface area (Å²) in [5, 5.41) is 0. The Morgan fingerprint density at radius 3 is 2.75 bits per heavy atom. The molecule has 0 saturated carbocycles. The monoisotopic (exact) mass is 224 g/mol. The summed E-state index contributed by atoms with van der Waals surface area (Å²) in [6.45, 7) is 6.07. The number of nitrogens with two attached hydrogens (primary N) is 1. The van der Waals surface area contributed by atoms with Crippen LogP contribution < -0.4 is 5.73 Å². The summed E-state index contributed by atoms with van der Waals surface area (Å²) < 4.78 is 5.34. The summed E-state index contributed by atoms with van der Waals surface area (Å²) >= 11 is 0. The van der Waals surface area contributed by atoms with Crippen molar-refractivity contribution in [1.29, 1.82) is 0 Å². The van der Waals surface area contributed by atoms with Crippen molar-refractivity contribution in [2.75, 3.05) is 39.8 Å². The molecule has 1 aromatic rings. The smallest absolute Gasteiger partial charge is 0.195 e. The molecule has 0 spiro atoms. The molecule has 5 nitrogen and oxygen atoms in total. The number of rotatable bonds is 4. The van der Waals surface area contributed by atoms with Gasteiger partial charge in [-0.15, -0.1) is 0 Å². The van der Waals surface area contributed by atoms with E-state index in [0.29, 0.717) is 6.54 Å². The van der Waals surface area contributed by atoms with Gasteiger partial charge >= 0.3 is 0 Å². The van der Waals surface area contributed by atoms with Gasteiger partial charge in [0.15, 0.2) is 5.89 Å². The summed E-state index contributed by atoms with van der Waals surface area (Å²) in [4.78, 5) is 9.11. The quantitative estimate of drug-likeness (QED) is 0.775. The molecule has 1 aromatic heterocycles. The highest BCUT2D eigenvalue weighted by Gasteiger charge is 2.14. The number of likely N-dealkylation sites (N-methyl/N-ethyl adjacent to an activating group) is 1. The first-order valence-corrected chi connectivity index (χ1v) is 5.82. The number of oxazole rings is 1. The predicted octanol–water partition coefficient (Wildman–Crippen LogP) is -0.0768. The van der Waals surface area contributed by atoms with Crippen LogP contribution in [0, 0.1) is 0 Å². The minimum atomic E-state index is 0.456. The number of aromatic nitrogens is 1. The van der Waals surface area contributed by atoms with Crippen LogP contribution in [0.5, 0.6) is 0 Å². The van der Waals surface area contributed by atoms with Gasteiger partial charge in [0, 0.05) is 45.7 Å². The molecule has 1 aliphatic rings. The lowest BCUT2D eigenvalue weighted by molar-refractivity contribution is 0.153. The van der Waals surface area contributed by atoms with Crippen molar-refractivity contribution in [2.24, 2.45) is 5.73 Å². The molecule has 2 rings (SSSR count). The molecule has 5 heteroatoms. The van der Waals surface area contributed by atoms with E-state index in [1.807, 2.05) is 0 Å². The Morgan fingerprint density at radius 2 is 2.12 bits per heavy atom. The van der Waals surface area contributed by atoms with Gasteiger partial charge in [-0.25, -0.2) is 4.98 Å². The van der Waals surface area contributed by atoms with Crippen LogP contribution >= 0.6 is 0 Å². The fraction of sp³-hybridized carbons (Fsp3) is 0.727. The Kier molecular flexibility index (Phi) is 3.93. The third kappa shape index (κ3) is 3.04. The third-order valence-corrected chi connectivity index (χ3v) is 3.05. The van der Waals surface area contributed by atoms with Gasteiger partial charge in [-0.05, 0) is 7.05 Å². The molecule has 0 aliphatic carbocycles. The molecule has 0 atom stereocenters. The summed E-state index contributed by atoms with van der Waals surface area (Å²) in [6.07, 6.45) is 2.53. The lowest BCUT2D eigenvalue weighted by Gasteiger charge is -2.31. The number of hydrogen-bond donors (Lipinski definition) is 1. The Hall–Kier alpha value is -0.910. The van der Waals surface area contributed by atoms with Crippen LogP contribution in [0.15, 0.2) is 10.7 Å². The minimum Gasteiger partial charge on any atom is -0.449 e. The molecule has 2 heterocycles. The number of nitrogens with zero attached hydrogens (tertiary/aromatic N) is 3. The van der Waals surface area contributed by atoms with Gasteiger partial charge in [0.2, 0.25) is 0 Å². The van der Waals surface area contributed by atoms with Gasteiger partial charge in [-0.2, -0.15) is 0 Å². The molecule has 0 radical (unpaired) electrons. The second-order valence-corrected chi connectivity index (χ2v) is 4.33. The van der Waals surface area contributed by atoms with Gasteiger partial charge in [-0.1, -0.05) is 0 Å². The van der Waals surface area contributed by atoms with E-state index < -0.39 is 0 Å². The summed E-state index contributed by atoms with van der Waals surface area (Å²) in [7, 11) is 2.17. The van der Waals surface area contributed by atoms with Gasteiger partial charge < -0.3 is 20.0 Å². The normalized spacial score (nSPS) is 19.1. The van der Waals surface area contributed by atoms with Crippen LogP contribution in [0.3, 0.4) is 0 Å². The molecule has 2 N–H and O–H groups in total. The Morgan fingerprint density at radius 1 is 1.38 bits per heavy atom. The summed E-state index contributed by atoms with van der Waals surface area (Å²) in [5.41, 5.74) is 6.32. The lowest BCUT2D eigenvalue weighted by atomic mass is 10.3. The van der Waals surface area contributed by atoms with Crippen molar-refractivity contribution in [3.63, 3.8) is 0 Å². The molecule has 0 unspecified atom stereocenters.